The number of rotatable bonds is 6. The predicted molar refractivity (Wildman–Crippen MR) is 70.5 cm³/mol. The Kier molecular flexibility index (Phi) is 5.35. The quantitative estimate of drug-likeness (QED) is 0.770. The third kappa shape index (κ3) is 4.20. The number of hydrogen-bond donors (Lipinski definition) is 2. The Bertz CT molecular complexity index is 454. The highest BCUT2D eigenvalue weighted by Gasteiger charge is 2.07. The van der Waals surface area contributed by atoms with Crippen molar-refractivity contribution in [2.24, 2.45) is 5.92 Å². The third-order valence-corrected chi connectivity index (χ3v) is 2.27. The van der Waals surface area contributed by atoms with Crippen LogP contribution in [0.4, 0.5) is 5.82 Å². The highest BCUT2D eigenvalue weighted by atomic mass is 16.2. The molecule has 100 valence electrons. The van der Waals surface area contributed by atoms with Gasteiger partial charge in [0.25, 0.3) is 5.56 Å². The summed E-state index contributed by atoms with van der Waals surface area (Å²) in [5.74, 6) is 0.434. The normalized spacial score (nSPS) is 10.4. The Morgan fingerprint density at radius 1 is 1.50 bits per heavy atom. The summed E-state index contributed by atoms with van der Waals surface area (Å²) < 4.78 is 1.59. The highest BCUT2D eigenvalue weighted by Crippen LogP contribution is 1.98. The molecule has 0 spiro atoms. The van der Waals surface area contributed by atoms with E-state index in [1.54, 1.807) is 17.0 Å². The highest BCUT2D eigenvalue weighted by molar-refractivity contribution is 5.80. The van der Waals surface area contributed by atoms with Crippen LogP contribution in [-0.2, 0) is 11.3 Å². The Morgan fingerprint density at radius 3 is 2.83 bits per heavy atom. The molecule has 1 aromatic rings. The SMILES string of the molecule is CCNC(=O)CNc1nccn(CC(C)C)c1=O. The van der Waals surface area contributed by atoms with Crippen LogP contribution >= 0.6 is 0 Å². The molecular weight excluding hydrogens is 232 g/mol. The molecule has 0 saturated carbocycles. The van der Waals surface area contributed by atoms with Crippen LogP contribution in [0.1, 0.15) is 20.8 Å². The zero-order valence-corrected chi connectivity index (χ0v) is 11.1. The number of nitrogens with zero attached hydrogens (tertiary/aromatic N) is 2. The van der Waals surface area contributed by atoms with Crippen LogP contribution in [0.3, 0.4) is 0 Å². The van der Waals surface area contributed by atoms with E-state index in [4.69, 9.17) is 0 Å². The standard InChI is InChI=1S/C12H20N4O2/c1-4-13-10(17)7-15-11-12(18)16(6-5-14-11)8-9(2)3/h5-6,9H,4,7-8H2,1-3H3,(H,13,17)(H,14,15). The second-order valence-electron chi connectivity index (χ2n) is 4.43. The fraction of sp³-hybridized carbons (Fsp3) is 0.583. The molecule has 0 aliphatic heterocycles. The molecule has 0 radical (unpaired) electrons. The zero-order valence-electron chi connectivity index (χ0n) is 11.1. The number of aromatic nitrogens is 2. The maximum atomic E-state index is 12.0. The molecule has 2 N–H and O–H groups in total. The third-order valence-electron chi connectivity index (χ3n) is 2.27. The molecule has 1 rings (SSSR count). The number of carbonyl (C=O) groups is 1. The molecule has 6 nitrogen and oxygen atoms in total. The van der Waals surface area contributed by atoms with Crippen molar-refractivity contribution in [2.75, 3.05) is 18.4 Å². The second kappa shape index (κ2) is 6.78. The minimum Gasteiger partial charge on any atom is -0.356 e. The van der Waals surface area contributed by atoms with Gasteiger partial charge in [-0.3, -0.25) is 9.59 Å². The van der Waals surface area contributed by atoms with Crippen molar-refractivity contribution in [1.29, 1.82) is 0 Å². The van der Waals surface area contributed by atoms with Gasteiger partial charge in [0.05, 0.1) is 6.54 Å². The Balaban J connectivity index is 2.72. The molecule has 1 aromatic heterocycles. The molecule has 0 fully saturated rings. The van der Waals surface area contributed by atoms with Crippen LogP contribution in [0.2, 0.25) is 0 Å². The lowest BCUT2D eigenvalue weighted by atomic mass is 10.2. The van der Waals surface area contributed by atoms with Crippen LogP contribution in [0, 0.1) is 5.92 Å². The molecule has 0 atom stereocenters. The molecule has 0 aliphatic carbocycles. The summed E-state index contributed by atoms with van der Waals surface area (Å²) in [7, 11) is 0. The average Bonchev–Trinajstić information content (AvgIpc) is 2.30. The molecular formula is C12H20N4O2. The summed E-state index contributed by atoms with van der Waals surface area (Å²) in [5, 5.41) is 5.40. The molecule has 0 unspecified atom stereocenters. The second-order valence-corrected chi connectivity index (χ2v) is 4.43. The van der Waals surface area contributed by atoms with E-state index < -0.39 is 0 Å². The lowest BCUT2D eigenvalue weighted by Crippen LogP contribution is -2.32. The van der Waals surface area contributed by atoms with Gasteiger partial charge in [-0.1, -0.05) is 13.8 Å². The monoisotopic (exact) mass is 252 g/mol. The largest absolute Gasteiger partial charge is 0.356 e. The molecule has 6 heteroatoms. The van der Waals surface area contributed by atoms with E-state index in [0.717, 1.165) is 0 Å². The summed E-state index contributed by atoms with van der Waals surface area (Å²) >= 11 is 0. The van der Waals surface area contributed by atoms with Crippen LogP contribution in [0.5, 0.6) is 0 Å². The fourth-order valence-corrected chi connectivity index (χ4v) is 1.53. The first kappa shape index (κ1) is 14.2. The van der Waals surface area contributed by atoms with Gasteiger partial charge in [0, 0.05) is 25.5 Å². The summed E-state index contributed by atoms with van der Waals surface area (Å²) in [6, 6.07) is 0. The topological polar surface area (TPSA) is 76.0 Å². The van der Waals surface area contributed by atoms with Gasteiger partial charge in [-0.15, -0.1) is 0 Å². The molecule has 0 aromatic carbocycles. The number of likely N-dealkylation sites (N-methyl/N-ethyl adjacent to an activating group) is 1. The maximum absolute atomic E-state index is 12.0. The van der Waals surface area contributed by atoms with Crippen molar-refractivity contribution < 1.29 is 4.79 Å². The molecule has 0 bridgehead atoms. The summed E-state index contributed by atoms with van der Waals surface area (Å²) in [4.78, 5) is 27.2. The van der Waals surface area contributed by atoms with Gasteiger partial charge in [-0.25, -0.2) is 4.98 Å². The van der Waals surface area contributed by atoms with E-state index >= 15 is 0 Å². The van der Waals surface area contributed by atoms with Gasteiger partial charge >= 0.3 is 0 Å². The summed E-state index contributed by atoms with van der Waals surface area (Å²) in [6.07, 6.45) is 3.21. The van der Waals surface area contributed by atoms with E-state index in [1.807, 2.05) is 20.8 Å². The first-order chi connectivity index (χ1) is 8.54. The fourth-order valence-electron chi connectivity index (χ4n) is 1.53. The number of anilines is 1. The van der Waals surface area contributed by atoms with Crippen molar-refractivity contribution in [3.63, 3.8) is 0 Å². The van der Waals surface area contributed by atoms with E-state index in [1.165, 1.54) is 0 Å². The van der Waals surface area contributed by atoms with Crippen molar-refractivity contribution in [3.8, 4) is 0 Å². The van der Waals surface area contributed by atoms with E-state index in [-0.39, 0.29) is 23.8 Å². The van der Waals surface area contributed by atoms with Crippen LogP contribution in [0.25, 0.3) is 0 Å². The number of nitrogens with one attached hydrogen (secondary N) is 2. The van der Waals surface area contributed by atoms with Crippen molar-refractivity contribution in [3.05, 3.63) is 22.7 Å². The van der Waals surface area contributed by atoms with Crippen molar-refractivity contribution in [1.82, 2.24) is 14.9 Å². The number of hydrogen-bond acceptors (Lipinski definition) is 4. The predicted octanol–water partition coefficient (Wildman–Crippen LogP) is 0.447. The van der Waals surface area contributed by atoms with E-state index in [0.29, 0.717) is 19.0 Å². The van der Waals surface area contributed by atoms with Gasteiger partial charge in [-0.05, 0) is 12.8 Å². The summed E-state index contributed by atoms with van der Waals surface area (Å²) in [5.41, 5.74) is -0.199. The number of amides is 1. The molecule has 0 aliphatic rings. The lowest BCUT2D eigenvalue weighted by Gasteiger charge is -2.10. The Labute approximate surface area is 106 Å². The summed E-state index contributed by atoms with van der Waals surface area (Å²) in [6.45, 7) is 7.18. The average molecular weight is 252 g/mol. The van der Waals surface area contributed by atoms with Gasteiger partial charge in [-0.2, -0.15) is 0 Å². The molecule has 1 heterocycles. The molecule has 0 saturated heterocycles. The van der Waals surface area contributed by atoms with Crippen LogP contribution in [-0.4, -0.2) is 28.5 Å². The van der Waals surface area contributed by atoms with Gasteiger partial charge < -0.3 is 15.2 Å². The van der Waals surface area contributed by atoms with Crippen LogP contribution in [0.15, 0.2) is 17.2 Å². The number of carbonyl (C=O) groups excluding carboxylic acids is 1. The molecule has 1 amide bonds. The maximum Gasteiger partial charge on any atom is 0.293 e. The van der Waals surface area contributed by atoms with E-state index in [2.05, 4.69) is 15.6 Å². The Morgan fingerprint density at radius 2 is 2.22 bits per heavy atom. The zero-order chi connectivity index (χ0) is 13.5. The van der Waals surface area contributed by atoms with Crippen molar-refractivity contribution >= 4 is 11.7 Å². The first-order valence-corrected chi connectivity index (χ1v) is 6.10. The van der Waals surface area contributed by atoms with Gasteiger partial charge in [0.1, 0.15) is 0 Å². The first-order valence-electron chi connectivity index (χ1n) is 6.10. The Hall–Kier alpha value is -1.85. The minimum atomic E-state index is -0.199. The van der Waals surface area contributed by atoms with Gasteiger partial charge in [0.15, 0.2) is 5.82 Å². The van der Waals surface area contributed by atoms with Gasteiger partial charge in [0.2, 0.25) is 5.91 Å². The van der Waals surface area contributed by atoms with Crippen LogP contribution < -0.4 is 16.2 Å². The minimum absolute atomic E-state index is 0.0573. The molecule has 18 heavy (non-hydrogen) atoms. The smallest absolute Gasteiger partial charge is 0.293 e. The lowest BCUT2D eigenvalue weighted by molar-refractivity contribution is -0.119. The van der Waals surface area contributed by atoms with Crippen molar-refractivity contribution in [2.45, 2.75) is 27.3 Å². The van der Waals surface area contributed by atoms with E-state index in [9.17, 15) is 9.59 Å².